The smallest absolute Gasteiger partial charge is 0.194 e. The summed E-state index contributed by atoms with van der Waals surface area (Å²) in [7, 11) is 0. The van der Waals surface area contributed by atoms with E-state index >= 15 is 0 Å². The third-order valence-corrected chi connectivity index (χ3v) is 3.80. The number of nitrogens with one attached hydrogen (secondary N) is 1. The molecule has 2 rings (SSSR count). The third-order valence-electron chi connectivity index (χ3n) is 3.19. The molecule has 1 aromatic carbocycles. The molecule has 0 saturated carbocycles. The number of halogens is 4. The normalized spacial score (nSPS) is 12.7. The van der Waals surface area contributed by atoms with Gasteiger partial charge in [-0.3, -0.25) is 4.68 Å². The summed E-state index contributed by atoms with van der Waals surface area (Å²) in [5.41, 5.74) is 0.718. The molecule has 0 fully saturated rings. The van der Waals surface area contributed by atoms with Crippen LogP contribution >= 0.6 is 15.9 Å². The molecule has 7 heteroatoms. The van der Waals surface area contributed by atoms with Gasteiger partial charge in [-0.1, -0.05) is 13.0 Å². The number of aromatic nitrogens is 2. The van der Waals surface area contributed by atoms with Crippen molar-refractivity contribution in [1.29, 1.82) is 0 Å². The second-order valence-electron chi connectivity index (χ2n) is 4.45. The maximum absolute atomic E-state index is 14.1. The topological polar surface area (TPSA) is 29.9 Å². The lowest BCUT2D eigenvalue weighted by molar-refractivity contribution is 0.429. The molecular weight excluding hydrogens is 347 g/mol. The summed E-state index contributed by atoms with van der Waals surface area (Å²) >= 11 is 3.37. The second kappa shape index (κ2) is 6.62. The van der Waals surface area contributed by atoms with Crippen LogP contribution in [0, 0.1) is 17.5 Å². The minimum absolute atomic E-state index is 0.0478. The van der Waals surface area contributed by atoms with Gasteiger partial charge in [-0.15, -0.1) is 0 Å². The van der Waals surface area contributed by atoms with Gasteiger partial charge < -0.3 is 5.32 Å². The van der Waals surface area contributed by atoms with Crippen molar-refractivity contribution < 1.29 is 13.2 Å². The zero-order chi connectivity index (χ0) is 15.6. The van der Waals surface area contributed by atoms with Gasteiger partial charge >= 0.3 is 0 Å². The van der Waals surface area contributed by atoms with Crippen LogP contribution in [0.15, 0.2) is 22.8 Å². The van der Waals surface area contributed by atoms with Crippen LogP contribution in [-0.4, -0.2) is 16.3 Å². The molecule has 0 aliphatic rings. The summed E-state index contributed by atoms with van der Waals surface area (Å²) in [5, 5.41) is 7.26. The summed E-state index contributed by atoms with van der Waals surface area (Å²) in [6.07, 6.45) is 1.60. The van der Waals surface area contributed by atoms with Crippen LogP contribution in [0.25, 0.3) is 0 Å². The first-order chi connectivity index (χ1) is 10.0. The van der Waals surface area contributed by atoms with Crippen LogP contribution in [-0.2, 0) is 6.54 Å². The molecule has 1 unspecified atom stereocenters. The average molecular weight is 362 g/mol. The molecule has 0 aliphatic heterocycles. The zero-order valence-electron chi connectivity index (χ0n) is 11.6. The molecule has 0 spiro atoms. The van der Waals surface area contributed by atoms with Crippen molar-refractivity contribution in [3.63, 3.8) is 0 Å². The van der Waals surface area contributed by atoms with Crippen LogP contribution in [0.1, 0.15) is 31.1 Å². The number of nitrogens with zero attached hydrogens (tertiary/aromatic N) is 2. The molecule has 1 atom stereocenters. The minimum Gasteiger partial charge on any atom is -0.305 e. The van der Waals surface area contributed by atoms with Crippen LogP contribution in [0.2, 0.25) is 0 Å². The highest BCUT2D eigenvalue weighted by Crippen LogP contribution is 2.31. The lowest BCUT2D eigenvalue weighted by Gasteiger charge is -2.21. The summed E-state index contributed by atoms with van der Waals surface area (Å²) in [4.78, 5) is 0. The van der Waals surface area contributed by atoms with Gasteiger partial charge in [0.15, 0.2) is 17.5 Å². The fraction of sp³-hybridized carbons (Fsp3) is 0.357. The first-order valence-corrected chi connectivity index (χ1v) is 7.38. The molecular formula is C14H15BrF3N3. The molecule has 0 radical (unpaired) electrons. The van der Waals surface area contributed by atoms with Crippen molar-refractivity contribution in [1.82, 2.24) is 15.1 Å². The van der Waals surface area contributed by atoms with Crippen LogP contribution in [0.4, 0.5) is 13.2 Å². The molecule has 3 nitrogen and oxygen atoms in total. The fourth-order valence-electron chi connectivity index (χ4n) is 2.23. The van der Waals surface area contributed by atoms with E-state index in [9.17, 15) is 13.2 Å². The summed E-state index contributed by atoms with van der Waals surface area (Å²) in [5.74, 6) is -3.85. The summed E-state index contributed by atoms with van der Waals surface area (Å²) in [6, 6.07) is 1.56. The van der Waals surface area contributed by atoms with Gasteiger partial charge in [-0.05, 0) is 35.5 Å². The number of rotatable bonds is 5. The van der Waals surface area contributed by atoms with E-state index in [4.69, 9.17) is 0 Å². The second-order valence-corrected chi connectivity index (χ2v) is 5.30. The number of benzene rings is 1. The largest absolute Gasteiger partial charge is 0.305 e. The standard InChI is InChI=1S/C14H15BrF3N3/c1-3-19-13(14-9(15)7-20-21(14)4-2)8-5-6-10(16)12(18)11(8)17/h5-7,13,19H,3-4H2,1-2H3. The fourth-order valence-corrected chi connectivity index (χ4v) is 2.76. The van der Waals surface area contributed by atoms with E-state index in [0.29, 0.717) is 23.3 Å². The predicted octanol–water partition coefficient (Wildman–Crippen LogP) is 3.78. The highest BCUT2D eigenvalue weighted by Gasteiger charge is 2.26. The highest BCUT2D eigenvalue weighted by atomic mass is 79.9. The lowest BCUT2D eigenvalue weighted by atomic mass is 10.0. The van der Waals surface area contributed by atoms with Crippen molar-refractivity contribution in [2.75, 3.05) is 6.54 Å². The lowest BCUT2D eigenvalue weighted by Crippen LogP contribution is -2.26. The van der Waals surface area contributed by atoms with Crippen LogP contribution < -0.4 is 5.32 Å². The molecule has 0 aliphatic carbocycles. The van der Waals surface area contributed by atoms with Gasteiger partial charge in [0.25, 0.3) is 0 Å². The molecule has 0 amide bonds. The number of hydrogen-bond acceptors (Lipinski definition) is 2. The van der Waals surface area contributed by atoms with Gasteiger partial charge in [-0.2, -0.15) is 5.10 Å². The van der Waals surface area contributed by atoms with Crippen molar-refractivity contribution in [2.24, 2.45) is 0 Å². The Hall–Kier alpha value is -1.34. The molecule has 1 heterocycles. The van der Waals surface area contributed by atoms with E-state index in [2.05, 4.69) is 26.3 Å². The van der Waals surface area contributed by atoms with Gasteiger partial charge in [-0.25, -0.2) is 13.2 Å². The Morgan fingerprint density at radius 3 is 2.57 bits per heavy atom. The van der Waals surface area contributed by atoms with Gasteiger partial charge in [0, 0.05) is 12.1 Å². The van der Waals surface area contributed by atoms with E-state index < -0.39 is 23.5 Å². The molecule has 0 saturated heterocycles. The molecule has 1 N–H and O–H groups in total. The van der Waals surface area contributed by atoms with E-state index in [0.717, 1.165) is 6.07 Å². The van der Waals surface area contributed by atoms with Crippen molar-refractivity contribution in [2.45, 2.75) is 26.4 Å². The molecule has 2 aromatic rings. The predicted molar refractivity (Wildman–Crippen MR) is 77.4 cm³/mol. The zero-order valence-corrected chi connectivity index (χ0v) is 13.2. The Labute approximate surface area is 129 Å². The van der Waals surface area contributed by atoms with Crippen LogP contribution in [0.3, 0.4) is 0 Å². The quantitative estimate of drug-likeness (QED) is 0.821. The van der Waals surface area contributed by atoms with Crippen LogP contribution in [0.5, 0.6) is 0 Å². The summed E-state index contributed by atoms with van der Waals surface area (Å²) < 4.78 is 43.1. The minimum atomic E-state index is -1.46. The van der Waals surface area contributed by atoms with E-state index in [1.54, 1.807) is 10.9 Å². The SMILES string of the molecule is CCNC(c1ccc(F)c(F)c1F)c1c(Br)cnn1CC. The molecule has 114 valence electrons. The summed E-state index contributed by atoms with van der Waals surface area (Å²) in [6.45, 7) is 4.86. The monoisotopic (exact) mass is 361 g/mol. The Morgan fingerprint density at radius 1 is 1.24 bits per heavy atom. The molecule has 21 heavy (non-hydrogen) atoms. The highest BCUT2D eigenvalue weighted by molar-refractivity contribution is 9.10. The number of aryl methyl sites for hydroxylation is 1. The average Bonchev–Trinajstić information content (AvgIpc) is 2.84. The Morgan fingerprint density at radius 2 is 1.95 bits per heavy atom. The third kappa shape index (κ3) is 2.98. The first kappa shape index (κ1) is 16.0. The maximum atomic E-state index is 14.1. The molecule has 1 aromatic heterocycles. The Kier molecular flexibility index (Phi) is 5.05. The maximum Gasteiger partial charge on any atom is 0.194 e. The first-order valence-electron chi connectivity index (χ1n) is 6.59. The van der Waals surface area contributed by atoms with Crippen molar-refractivity contribution in [3.05, 3.63) is 51.5 Å². The van der Waals surface area contributed by atoms with Gasteiger partial charge in [0.1, 0.15) is 0 Å². The van der Waals surface area contributed by atoms with E-state index in [1.807, 2.05) is 13.8 Å². The van der Waals surface area contributed by atoms with Gasteiger partial charge in [0.2, 0.25) is 0 Å². The van der Waals surface area contributed by atoms with Crippen molar-refractivity contribution >= 4 is 15.9 Å². The van der Waals surface area contributed by atoms with Gasteiger partial charge in [0.05, 0.1) is 22.4 Å². The molecule has 0 bridgehead atoms. The van der Waals surface area contributed by atoms with E-state index in [1.165, 1.54) is 6.07 Å². The van der Waals surface area contributed by atoms with Crippen molar-refractivity contribution in [3.8, 4) is 0 Å². The number of hydrogen-bond donors (Lipinski definition) is 1. The van der Waals surface area contributed by atoms with E-state index in [-0.39, 0.29) is 5.56 Å². The Bertz CT molecular complexity index is 643. The Balaban J connectivity index is 2.59.